The summed E-state index contributed by atoms with van der Waals surface area (Å²) in [5.41, 5.74) is 6.84. The highest BCUT2D eigenvalue weighted by molar-refractivity contribution is 7.99. The lowest BCUT2D eigenvalue weighted by Crippen LogP contribution is -2.62. The second kappa shape index (κ2) is 6.35. The lowest BCUT2D eigenvalue weighted by Gasteiger charge is -2.60. The first-order valence-electron chi connectivity index (χ1n) is 9.93. The van der Waals surface area contributed by atoms with Crippen LogP contribution in [0.5, 0.6) is 0 Å². The van der Waals surface area contributed by atoms with Gasteiger partial charge in [0.05, 0.1) is 6.04 Å². The number of hydrogen-bond acceptors (Lipinski definition) is 2. The summed E-state index contributed by atoms with van der Waals surface area (Å²) in [6.07, 6.45) is 4.32. The van der Waals surface area contributed by atoms with Crippen molar-refractivity contribution in [1.29, 1.82) is 0 Å². The van der Waals surface area contributed by atoms with E-state index in [1.807, 2.05) is 11.8 Å². The van der Waals surface area contributed by atoms with Gasteiger partial charge in [-0.25, -0.2) is 0 Å². The van der Waals surface area contributed by atoms with Crippen molar-refractivity contribution in [1.82, 2.24) is 0 Å². The van der Waals surface area contributed by atoms with Gasteiger partial charge in [-0.2, -0.15) is 11.8 Å². The molecular weight excluding hydrogens is 358 g/mol. The summed E-state index contributed by atoms with van der Waals surface area (Å²) < 4.78 is 0. The van der Waals surface area contributed by atoms with E-state index < -0.39 is 0 Å². The summed E-state index contributed by atoms with van der Waals surface area (Å²) >= 11 is 1.96. The number of nitrogens with zero attached hydrogens (tertiary/aromatic N) is 1. The molecule has 6 rings (SSSR count). The molecule has 140 valence electrons. The van der Waals surface area contributed by atoms with Crippen molar-refractivity contribution in [2.24, 2.45) is 4.99 Å². The third-order valence-electron chi connectivity index (χ3n) is 6.98. The molecule has 3 aliphatic carbocycles. The summed E-state index contributed by atoms with van der Waals surface area (Å²) in [5.74, 6) is 0. The third-order valence-corrected chi connectivity index (χ3v) is 8.21. The van der Waals surface area contributed by atoms with E-state index in [2.05, 4.69) is 105 Å². The Labute approximate surface area is 171 Å². The van der Waals surface area contributed by atoms with Crippen molar-refractivity contribution in [3.05, 3.63) is 107 Å². The monoisotopic (exact) mass is 383 g/mol. The molecule has 2 atom stereocenters. The lowest BCUT2D eigenvalue weighted by atomic mass is 9.48. The molecular formula is C26H25NS. The Hall–Kier alpha value is -2.32. The minimum atomic E-state index is -0.121. The smallest absolute Gasteiger partial charge is 0.0764 e. The van der Waals surface area contributed by atoms with Crippen LogP contribution >= 0.6 is 11.8 Å². The first kappa shape index (κ1) is 17.8. The van der Waals surface area contributed by atoms with Crippen LogP contribution in [0.15, 0.2) is 83.9 Å². The second-order valence-corrected chi connectivity index (χ2v) is 9.27. The molecule has 1 nitrogen and oxygen atoms in total. The highest BCUT2D eigenvalue weighted by atomic mass is 32.2. The Bertz CT molecular complexity index is 1010. The quantitative estimate of drug-likeness (QED) is 0.517. The minimum Gasteiger partial charge on any atom is -0.287 e. The number of benzene rings is 3. The van der Waals surface area contributed by atoms with E-state index in [0.717, 1.165) is 0 Å². The average Bonchev–Trinajstić information content (AvgIpc) is 2.75. The first-order valence-corrected chi connectivity index (χ1v) is 11.2. The zero-order valence-electron chi connectivity index (χ0n) is 16.6. The SMILES string of the molecule is CSC1C(N=Cc2ccccc2)C2(C)c3ccccc3C1(C)c1ccccc12. The molecule has 3 aromatic carbocycles. The van der Waals surface area contributed by atoms with E-state index in [1.54, 1.807) is 0 Å². The van der Waals surface area contributed by atoms with Crippen molar-refractivity contribution < 1.29 is 0 Å². The zero-order valence-corrected chi connectivity index (χ0v) is 17.4. The number of fused-ring (bicyclic) bond motifs is 1. The van der Waals surface area contributed by atoms with Gasteiger partial charge in [0, 0.05) is 22.3 Å². The van der Waals surface area contributed by atoms with Gasteiger partial charge in [-0.1, -0.05) is 85.8 Å². The molecule has 0 radical (unpaired) electrons. The largest absolute Gasteiger partial charge is 0.287 e. The van der Waals surface area contributed by atoms with Crippen LogP contribution in [-0.4, -0.2) is 23.8 Å². The number of aliphatic imine (C=N–C) groups is 1. The van der Waals surface area contributed by atoms with Crippen LogP contribution in [0, 0.1) is 0 Å². The molecule has 3 aliphatic rings. The Morgan fingerprint density at radius 2 is 1.18 bits per heavy atom. The maximum atomic E-state index is 5.26. The summed E-state index contributed by atoms with van der Waals surface area (Å²) in [4.78, 5) is 5.26. The van der Waals surface area contributed by atoms with Crippen molar-refractivity contribution >= 4 is 18.0 Å². The standard InChI is InChI=1S/C26H25NS/c1-25-19-13-7-9-15-21(19)26(2,22-16-10-8-14-20(22)25)24(28-3)23(25)27-17-18-11-5-4-6-12-18/h4-17,23-24H,1-3H3. The highest BCUT2D eigenvalue weighted by Crippen LogP contribution is 2.62. The number of rotatable bonds is 3. The molecule has 2 heteroatoms. The van der Waals surface area contributed by atoms with E-state index in [-0.39, 0.29) is 16.9 Å². The Balaban J connectivity index is 1.77. The molecule has 0 aromatic heterocycles. The molecule has 3 aromatic rings. The number of hydrogen-bond donors (Lipinski definition) is 0. The van der Waals surface area contributed by atoms with E-state index in [9.17, 15) is 0 Å². The van der Waals surface area contributed by atoms with Gasteiger partial charge in [0.1, 0.15) is 0 Å². The van der Waals surface area contributed by atoms with E-state index in [1.165, 1.54) is 27.8 Å². The van der Waals surface area contributed by atoms with Gasteiger partial charge in [0.2, 0.25) is 0 Å². The Morgan fingerprint density at radius 3 is 1.68 bits per heavy atom. The second-order valence-electron chi connectivity index (χ2n) is 8.29. The summed E-state index contributed by atoms with van der Waals surface area (Å²) in [5, 5.41) is 0.391. The van der Waals surface area contributed by atoms with E-state index >= 15 is 0 Å². The summed E-state index contributed by atoms with van der Waals surface area (Å²) in [6, 6.07) is 28.7. The molecule has 0 heterocycles. The summed E-state index contributed by atoms with van der Waals surface area (Å²) in [6.45, 7) is 4.83. The lowest BCUT2D eigenvalue weighted by molar-refractivity contribution is 0.294. The average molecular weight is 384 g/mol. The minimum absolute atomic E-state index is 0.0386. The van der Waals surface area contributed by atoms with Crippen LogP contribution in [0.25, 0.3) is 0 Å². The van der Waals surface area contributed by atoms with Crippen LogP contribution in [0.3, 0.4) is 0 Å². The molecule has 2 bridgehead atoms. The Kier molecular flexibility index (Phi) is 4.03. The van der Waals surface area contributed by atoms with E-state index in [4.69, 9.17) is 4.99 Å². The van der Waals surface area contributed by atoms with Crippen molar-refractivity contribution in [3.63, 3.8) is 0 Å². The first-order chi connectivity index (χ1) is 13.6. The van der Waals surface area contributed by atoms with Crippen LogP contribution < -0.4 is 0 Å². The molecule has 0 aliphatic heterocycles. The normalized spacial score (nSPS) is 30.2. The van der Waals surface area contributed by atoms with Crippen molar-refractivity contribution in [3.8, 4) is 0 Å². The zero-order chi connectivity index (χ0) is 19.4. The van der Waals surface area contributed by atoms with Crippen LogP contribution in [-0.2, 0) is 10.8 Å². The van der Waals surface area contributed by atoms with Crippen molar-refractivity contribution in [2.45, 2.75) is 36.0 Å². The van der Waals surface area contributed by atoms with Crippen LogP contribution in [0.2, 0.25) is 0 Å². The molecule has 0 amide bonds. The van der Waals surface area contributed by atoms with Gasteiger partial charge in [0.25, 0.3) is 0 Å². The maximum Gasteiger partial charge on any atom is 0.0764 e. The molecule has 0 saturated heterocycles. The fourth-order valence-corrected chi connectivity index (χ4v) is 6.93. The topological polar surface area (TPSA) is 12.4 Å². The summed E-state index contributed by atoms with van der Waals surface area (Å²) in [7, 11) is 0. The van der Waals surface area contributed by atoms with Gasteiger partial charge in [-0.3, -0.25) is 4.99 Å². The van der Waals surface area contributed by atoms with E-state index in [0.29, 0.717) is 5.25 Å². The van der Waals surface area contributed by atoms with Gasteiger partial charge >= 0.3 is 0 Å². The van der Waals surface area contributed by atoms with Crippen molar-refractivity contribution in [2.75, 3.05) is 6.26 Å². The predicted octanol–water partition coefficient (Wildman–Crippen LogP) is 5.84. The maximum absolute atomic E-state index is 5.26. The predicted molar refractivity (Wildman–Crippen MR) is 121 cm³/mol. The van der Waals surface area contributed by atoms with Crippen LogP contribution in [0.1, 0.15) is 41.7 Å². The Morgan fingerprint density at radius 1 is 0.714 bits per heavy atom. The van der Waals surface area contributed by atoms with Gasteiger partial charge < -0.3 is 0 Å². The molecule has 0 fully saturated rings. The van der Waals surface area contributed by atoms with Gasteiger partial charge in [-0.05, 0) is 41.0 Å². The molecule has 0 spiro atoms. The molecule has 28 heavy (non-hydrogen) atoms. The van der Waals surface area contributed by atoms with Gasteiger partial charge in [-0.15, -0.1) is 0 Å². The third kappa shape index (κ3) is 2.18. The fraction of sp³-hybridized carbons (Fsp3) is 0.269. The fourth-order valence-electron chi connectivity index (χ4n) is 5.61. The van der Waals surface area contributed by atoms with Crippen LogP contribution in [0.4, 0.5) is 0 Å². The molecule has 0 saturated carbocycles. The molecule has 2 unspecified atom stereocenters. The van der Waals surface area contributed by atoms with Gasteiger partial charge in [0.15, 0.2) is 0 Å². The highest BCUT2D eigenvalue weighted by Gasteiger charge is 2.61. The molecule has 0 N–H and O–H groups in total. The number of thioether (sulfide) groups is 1.